The minimum Gasteiger partial charge on any atom is -0.462 e. The van der Waals surface area contributed by atoms with Gasteiger partial charge in [0.15, 0.2) is 0 Å². The molecule has 0 aliphatic carbocycles. The number of ether oxygens (including phenoxy) is 1. The largest absolute Gasteiger partial charge is 0.462 e. The third-order valence-corrected chi connectivity index (χ3v) is 4.33. The first-order chi connectivity index (χ1) is 13.5. The van der Waals surface area contributed by atoms with E-state index in [-0.39, 0.29) is 12.5 Å². The van der Waals surface area contributed by atoms with Crippen LogP contribution in [0.1, 0.15) is 36.7 Å². The summed E-state index contributed by atoms with van der Waals surface area (Å²) in [7, 11) is 0. The smallest absolute Gasteiger partial charge is 0.341 e. The van der Waals surface area contributed by atoms with Crippen LogP contribution < -0.4 is 10.6 Å². The van der Waals surface area contributed by atoms with Crippen LogP contribution in [0.5, 0.6) is 0 Å². The van der Waals surface area contributed by atoms with E-state index in [0.717, 1.165) is 28.6 Å². The zero-order valence-corrected chi connectivity index (χ0v) is 16.2. The van der Waals surface area contributed by atoms with Crippen molar-refractivity contribution in [1.82, 2.24) is 4.98 Å². The van der Waals surface area contributed by atoms with Crippen molar-refractivity contribution in [1.29, 1.82) is 0 Å². The molecule has 0 atom stereocenters. The van der Waals surface area contributed by atoms with E-state index >= 15 is 0 Å². The van der Waals surface area contributed by atoms with Crippen molar-refractivity contribution in [3.63, 3.8) is 0 Å². The first kappa shape index (κ1) is 19.4. The molecule has 1 aromatic heterocycles. The number of carbonyl (C=O) groups is 2. The Morgan fingerprint density at radius 3 is 2.39 bits per heavy atom. The molecule has 3 rings (SSSR count). The fourth-order valence-corrected chi connectivity index (χ4v) is 3.05. The number of amides is 1. The number of para-hydroxylation sites is 1. The summed E-state index contributed by atoms with van der Waals surface area (Å²) in [5, 5.41) is 6.93. The topological polar surface area (TPSA) is 80.3 Å². The molecule has 0 unspecified atom stereocenters. The van der Waals surface area contributed by atoms with Gasteiger partial charge in [0.2, 0.25) is 5.91 Å². The maximum atomic E-state index is 12.5. The van der Waals surface area contributed by atoms with Crippen LogP contribution in [0.2, 0.25) is 0 Å². The molecule has 28 heavy (non-hydrogen) atoms. The number of benzene rings is 2. The van der Waals surface area contributed by atoms with Gasteiger partial charge in [-0.1, -0.05) is 25.1 Å². The second-order valence-corrected chi connectivity index (χ2v) is 6.32. The van der Waals surface area contributed by atoms with Crippen LogP contribution in [0.15, 0.2) is 48.7 Å². The Bertz CT molecular complexity index is 1010. The molecule has 1 heterocycles. The first-order valence-corrected chi connectivity index (χ1v) is 9.25. The van der Waals surface area contributed by atoms with E-state index in [0.29, 0.717) is 16.9 Å². The highest BCUT2D eigenvalue weighted by Gasteiger charge is 2.18. The van der Waals surface area contributed by atoms with Crippen molar-refractivity contribution < 1.29 is 14.3 Å². The van der Waals surface area contributed by atoms with E-state index in [4.69, 9.17) is 4.74 Å². The standard InChI is InChI=1S/C22H23N3O3/c1-4-15-7-6-8-18-20(15)23-13-19(22(27)28-5-2)21(18)25-17-11-9-16(10-12-17)24-14(3)26/h6-13H,4-5H2,1-3H3,(H,23,25)(H,24,26). The van der Waals surface area contributed by atoms with Gasteiger partial charge >= 0.3 is 5.97 Å². The van der Waals surface area contributed by atoms with Crippen molar-refractivity contribution in [3.05, 3.63) is 59.8 Å². The van der Waals surface area contributed by atoms with Gasteiger partial charge in [0.1, 0.15) is 5.56 Å². The summed E-state index contributed by atoms with van der Waals surface area (Å²) in [6.07, 6.45) is 2.40. The molecule has 6 nitrogen and oxygen atoms in total. The molecular formula is C22H23N3O3. The number of rotatable bonds is 6. The number of esters is 1. The zero-order chi connectivity index (χ0) is 20.1. The van der Waals surface area contributed by atoms with Gasteiger partial charge in [-0.3, -0.25) is 9.78 Å². The molecule has 144 valence electrons. The number of anilines is 3. The summed E-state index contributed by atoms with van der Waals surface area (Å²) < 4.78 is 5.21. The number of aryl methyl sites for hydroxylation is 1. The lowest BCUT2D eigenvalue weighted by Crippen LogP contribution is -2.10. The lowest BCUT2D eigenvalue weighted by atomic mass is 10.0. The van der Waals surface area contributed by atoms with E-state index in [1.54, 1.807) is 25.3 Å². The van der Waals surface area contributed by atoms with Crippen molar-refractivity contribution in [2.24, 2.45) is 0 Å². The molecule has 0 fully saturated rings. The van der Waals surface area contributed by atoms with Gasteiger partial charge in [-0.05, 0) is 43.2 Å². The van der Waals surface area contributed by atoms with Crippen LogP contribution in [0.3, 0.4) is 0 Å². The number of hydrogen-bond donors (Lipinski definition) is 2. The van der Waals surface area contributed by atoms with Crippen molar-refractivity contribution in [2.75, 3.05) is 17.2 Å². The van der Waals surface area contributed by atoms with Gasteiger partial charge < -0.3 is 15.4 Å². The summed E-state index contributed by atoms with van der Waals surface area (Å²) in [4.78, 5) is 28.2. The molecule has 6 heteroatoms. The molecule has 0 saturated heterocycles. The predicted molar refractivity (Wildman–Crippen MR) is 111 cm³/mol. The minimum absolute atomic E-state index is 0.127. The summed E-state index contributed by atoms with van der Waals surface area (Å²) in [5.74, 6) is -0.548. The van der Waals surface area contributed by atoms with Crippen LogP contribution in [-0.2, 0) is 16.0 Å². The fourth-order valence-electron chi connectivity index (χ4n) is 3.05. The van der Waals surface area contributed by atoms with Crippen LogP contribution in [0, 0.1) is 0 Å². The Kier molecular flexibility index (Phi) is 5.89. The first-order valence-electron chi connectivity index (χ1n) is 9.25. The number of carbonyl (C=O) groups excluding carboxylic acids is 2. The molecule has 0 spiro atoms. The van der Waals surface area contributed by atoms with Gasteiger partial charge in [0.25, 0.3) is 0 Å². The Morgan fingerprint density at radius 2 is 1.75 bits per heavy atom. The van der Waals surface area contributed by atoms with Gasteiger partial charge in [-0.15, -0.1) is 0 Å². The average Bonchev–Trinajstić information content (AvgIpc) is 2.69. The molecular weight excluding hydrogens is 354 g/mol. The molecule has 3 aromatic rings. The SMILES string of the molecule is CCOC(=O)c1cnc2c(CC)cccc2c1Nc1ccc(NC(C)=O)cc1. The lowest BCUT2D eigenvalue weighted by Gasteiger charge is -2.15. The number of fused-ring (bicyclic) bond motifs is 1. The molecule has 0 bridgehead atoms. The number of nitrogens with zero attached hydrogens (tertiary/aromatic N) is 1. The van der Waals surface area contributed by atoms with E-state index in [9.17, 15) is 9.59 Å². The average molecular weight is 377 g/mol. The highest BCUT2D eigenvalue weighted by molar-refractivity contribution is 6.06. The Hall–Kier alpha value is -3.41. The molecule has 0 aliphatic rings. The fraction of sp³-hybridized carbons (Fsp3) is 0.227. The summed E-state index contributed by atoms with van der Waals surface area (Å²) in [6.45, 7) is 5.60. The van der Waals surface area contributed by atoms with Crippen LogP contribution in [0.4, 0.5) is 17.1 Å². The van der Waals surface area contributed by atoms with E-state index in [2.05, 4.69) is 22.5 Å². The number of hydrogen-bond acceptors (Lipinski definition) is 5. The molecule has 2 N–H and O–H groups in total. The normalized spacial score (nSPS) is 10.5. The highest BCUT2D eigenvalue weighted by Crippen LogP contribution is 2.31. The zero-order valence-electron chi connectivity index (χ0n) is 16.2. The van der Waals surface area contributed by atoms with Gasteiger partial charge in [-0.25, -0.2) is 4.79 Å². The summed E-state index contributed by atoms with van der Waals surface area (Å²) >= 11 is 0. The van der Waals surface area contributed by atoms with Crippen LogP contribution in [0.25, 0.3) is 10.9 Å². The number of pyridine rings is 1. The third kappa shape index (κ3) is 4.11. The van der Waals surface area contributed by atoms with Crippen molar-refractivity contribution in [3.8, 4) is 0 Å². The van der Waals surface area contributed by atoms with Crippen molar-refractivity contribution >= 4 is 39.8 Å². The lowest BCUT2D eigenvalue weighted by molar-refractivity contribution is -0.114. The predicted octanol–water partition coefficient (Wildman–Crippen LogP) is 4.68. The maximum absolute atomic E-state index is 12.5. The Labute approximate surface area is 163 Å². The van der Waals surface area contributed by atoms with Crippen molar-refractivity contribution in [2.45, 2.75) is 27.2 Å². The van der Waals surface area contributed by atoms with Gasteiger partial charge in [-0.2, -0.15) is 0 Å². The second kappa shape index (κ2) is 8.52. The second-order valence-electron chi connectivity index (χ2n) is 6.32. The maximum Gasteiger partial charge on any atom is 0.341 e. The van der Waals surface area contributed by atoms with Crippen LogP contribution in [-0.4, -0.2) is 23.5 Å². The Morgan fingerprint density at radius 1 is 1.04 bits per heavy atom. The third-order valence-electron chi connectivity index (χ3n) is 4.33. The number of nitrogens with one attached hydrogen (secondary N) is 2. The highest BCUT2D eigenvalue weighted by atomic mass is 16.5. The minimum atomic E-state index is -0.420. The van der Waals surface area contributed by atoms with Crippen LogP contribution >= 0.6 is 0 Å². The quantitative estimate of drug-likeness (QED) is 0.610. The van der Waals surface area contributed by atoms with Gasteiger partial charge in [0, 0.05) is 29.9 Å². The molecule has 0 saturated carbocycles. The summed E-state index contributed by atoms with van der Waals surface area (Å²) in [6, 6.07) is 13.2. The van der Waals surface area contributed by atoms with Gasteiger partial charge in [0.05, 0.1) is 17.8 Å². The monoisotopic (exact) mass is 377 g/mol. The number of aromatic nitrogens is 1. The summed E-state index contributed by atoms with van der Waals surface area (Å²) in [5.41, 5.74) is 4.50. The van der Waals surface area contributed by atoms with E-state index in [1.165, 1.54) is 6.92 Å². The van der Waals surface area contributed by atoms with E-state index < -0.39 is 5.97 Å². The molecule has 2 aromatic carbocycles. The molecule has 1 amide bonds. The molecule has 0 radical (unpaired) electrons. The molecule has 0 aliphatic heterocycles. The van der Waals surface area contributed by atoms with E-state index in [1.807, 2.05) is 30.3 Å². The Balaban J connectivity index is 2.07.